The molecule has 1 aliphatic rings. The third-order valence-corrected chi connectivity index (χ3v) is 2.85. The predicted molar refractivity (Wildman–Crippen MR) is 57.8 cm³/mol. The minimum absolute atomic E-state index is 0.0894. The van der Waals surface area contributed by atoms with Crippen LogP contribution in [-0.2, 0) is 6.42 Å². The number of hydrogen-bond acceptors (Lipinski definition) is 4. The zero-order chi connectivity index (χ0) is 10.9. The number of hydrogen-bond donors (Lipinski definition) is 1. The van der Waals surface area contributed by atoms with E-state index in [4.69, 9.17) is 10.5 Å². The van der Waals surface area contributed by atoms with Gasteiger partial charge in [0.2, 0.25) is 5.88 Å². The van der Waals surface area contributed by atoms with Crippen LogP contribution in [-0.4, -0.2) is 22.6 Å². The van der Waals surface area contributed by atoms with Gasteiger partial charge in [-0.3, -0.25) is 0 Å². The highest BCUT2D eigenvalue weighted by molar-refractivity contribution is 5.17. The Balaban J connectivity index is 2.03. The molecule has 0 saturated heterocycles. The third-order valence-electron chi connectivity index (χ3n) is 2.85. The lowest BCUT2D eigenvalue weighted by Gasteiger charge is -2.08. The molecule has 0 atom stereocenters. The van der Waals surface area contributed by atoms with Gasteiger partial charge in [-0.15, -0.1) is 0 Å². The molecule has 0 bridgehead atoms. The van der Waals surface area contributed by atoms with Crippen LogP contribution in [0.5, 0.6) is 5.88 Å². The lowest BCUT2D eigenvalue weighted by Crippen LogP contribution is -2.22. The molecule has 1 fully saturated rings. The second-order valence-corrected chi connectivity index (χ2v) is 4.31. The van der Waals surface area contributed by atoms with Crippen LogP contribution < -0.4 is 10.5 Å². The number of ether oxygens (including phenoxy) is 1. The van der Waals surface area contributed by atoms with Gasteiger partial charge in [0.15, 0.2) is 0 Å². The Bertz CT molecular complexity index is 361. The van der Waals surface area contributed by atoms with Crippen molar-refractivity contribution in [2.24, 2.45) is 5.73 Å². The van der Waals surface area contributed by atoms with E-state index < -0.39 is 0 Å². The highest BCUT2D eigenvalue weighted by Crippen LogP contribution is 2.36. The molecule has 2 rings (SSSR count). The van der Waals surface area contributed by atoms with Gasteiger partial charge in [-0.05, 0) is 32.6 Å². The molecular weight excluding hydrogens is 190 g/mol. The third kappa shape index (κ3) is 2.65. The molecule has 1 aliphatic carbocycles. The van der Waals surface area contributed by atoms with E-state index >= 15 is 0 Å². The molecule has 1 aromatic heterocycles. The van der Waals surface area contributed by atoms with E-state index in [1.54, 1.807) is 7.11 Å². The zero-order valence-corrected chi connectivity index (χ0v) is 9.29. The maximum absolute atomic E-state index is 6.03. The Morgan fingerprint density at radius 2 is 2.20 bits per heavy atom. The van der Waals surface area contributed by atoms with Crippen LogP contribution in [0.25, 0.3) is 0 Å². The maximum atomic E-state index is 6.03. The molecule has 1 heterocycles. The molecule has 0 amide bonds. The molecule has 0 spiro atoms. The van der Waals surface area contributed by atoms with Gasteiger partial charge in [-0.2, -0.15) is 4.98 Å². The van der Waals surface area contributed by atoms with Crippen LogP contribution in [0.4, 0.5) is 0 Å². The van der Waals surface area contributed by atoms with Gasteiger partial charge in [0.25, 0.3) is 0 Å². The van der Waals surface area contributed by atoms with Crippen molar-refractivity contribution in [2.75, 3.05) is 7.11 Å². The van der Waals surface area contributed by atoms with Crippen molar-refractivity contribution in [3.8, 4) is 5.88 Å². The van der Waals surface area contributed by atoms with Gasteiger partial charge in [-0.25, -0.2) is 4.98 Å². The molecule has 15 heavy (non-hydrogen) atoms. The fourth-order valence-electron chi connectivity index (χ4n) is 1.62. The summed E-state index contributed by atoms with van der Waals surface area (Å²) in [6, 6.07) is 1.89. The molecule has 82 valence electrons. The summed E-state index contributed by atoms with van der Waals surface area (Å²) in [7, 11) is 1.62. The molecule has 1 aromatic rings. The number of nitrogens with zero attached hydrogens (tertiary/aromatic N) is 2. The standard InChI is InChI=1S/C11H17N3O/c1-8-13-9(7-10(14-8)15-2)3-4-11(12)5-6-11/h7H,3-6,12H2,1-2H3. The number of rotatable bonds is 4. The molecule has 0 unspecified atom stereocenters. The molecule has 4 heteroatoms. The summed E-state index contributed by atoms with van der Waals surface area (Å²) in [6.07, 6.45) is 4.21. The van der Waals surface area contributed by atoms with E-state index in [9.17, 15) is 0 Å². The number of aromatic nitrogens is 2. The van der Waals surface area contributed by atoms with E-state index in [1.165, 1.54) is 0 Å². The minimum Gasteiger partial charge on any atom is -0.481 e. The second kappa shape index (κ2) is 3.77. The largest absolute Gasteiger partial charge is 0.481 e. The molecule has 1 saturated carbocycles. The first-order chi connectivity index (χ1) is 7.11. The molecule has 0 aromatic carbocycles. The van der Waals surface area contributed by atoms with Crippen LogP contribution >= 0.6 is 0 Å². The summed E-state index contributed by atoms with van der Waals surface area (Å²) in [5.41, 5.74) is 7.14. The van der Waals surface area contributed by atoms with Gasteiger partial charge in [-0.1, -0.05) is 0 Å². The zero-order valence-electron chi connectivity index (χ0n) is 9.29. The van der Waals surface area contributed by atoms with Gasteiger partial charge >= 0.3 is 0 Å². The van der Waals surface area contributed by atoms with E-state index in [1.807, 2.05) is 13.0 Å². The second-order valence-electron chi connectivity index (χ2n) is 4.31. The summed E-state index contributed by atoms with van der Waals surface area (Å²) in [4.78, 5) is 8.51. The lowest BCUT2D eigenvalue weighted by molar-refractivity contribution is 0.394. The van der Waals surface area contributed by atoms with Crippen molar-refractivity contribution in [3.05, 3.63) is 17.6 Å². The van der Waals surface area contributed by atoms with E-state index in [0.717, 1.165) is 37.2 Å². The maximum Gasteiger partial charge on any atom is 0.216 e. The van der Waals surface area contributed by atoms with Crippen molar-refractivity contribution < 1.29 is 4.74 Å². The molecule has 0 radical (unpaired) electrons. The van der Waals surface area contributed by atoms with Crippen LogP contribution in [0.3, 0.4) is 0 Å². The highest BCUT2D eigenvalue weighted by Gasteiger charge is 2.37. The molecule has 2 N–H and O–H groups in total. The topological polar surface area (TPSA) is 61.0 Å². The number of aryl methyl sites for hydroxylation is 2. The average Bonchev–Trinajstić information content (AvgIpc) is 2.94. The number of nitrogens with two attached hydrogens (primary N) is 1. The summed E-state index contributed by atoms with van der Waals surface area (Å²) in [6.45, 7) is 1.88. The summed E-state index contributed by atoms with van der Waals surface area (Å²) < 4.78 is 5.10. The first kappa shape index (κ1) is 10.4. The summed E-state index contributed by atoms with van der Waals surface area (Å²) in [5.74, 6) is 1.39. The Morgan fingerprint density at radius 3 is 2.80 bits per heavy atom. The van der Waals surface area contributed by atoms with Crippen molar-refractivity contribution in [1.29, 1.82) is 0 Å². The Kier molecular flexibility index (Phi) is 2.61. The van der Waals surface area contributed by atoms with Gasteiger partial charge in [0.05, 0.1) is 7.11 Å². The van der Waals surface area contributed by atoms with E-state index in [-0.39, 0.29) is 5.54 Å². The fourth-order valence-corrected chi connectivity index (χ4v) is 1.62. The van der Waals surface area contributed by atoms with Crippen molar-refractivity contribution in [3.63, 3.8) is 0 Å². The van der Waals surface area contributed by atoms with Crippen molar-refractivity contribution >= 4 is 0 Å². The van der Waals surface area contributed by atoms with E-state index in [0.29, 0.717) is 5.88 Å². The Labute approximate surface area is 89.9 Å². The fraction of sp³-hybridized carbons (Fsp3) is 0.636. The van der Waals surface area contributed by atoms with Crippen LogP contribution in [0.2, 0.25) is 0 Å². The highest BCUT2D eigenvalue weighted by atomic mass is 16.5. The Hall–Kier alpha value is -1.16. The number of methoxy groups -OCH3 is 1. The normalized spacial score (nSPS) is 17.5. The van der Waals surface area contributed by atoms with Crippen LogP contribution in [0.1, 0.15) is 30.8 Å². The molecule has 4 nitrogen and oxygen atoms in total. The van der Waals surface area contributed by atoms with Crippen LogP contribution in [0.15, 0.2) is 6.07 Å². The predicted octanol–water partition coefficient (Wildman–Crippen LogP) is 1.22. The van der Waals surface area contributed by atoms with Gasteiger partial charge in [0, 0.05) is 17.3 Å². The smallest absolute Gasteiger partial charge is 0.216 e. The monoisotopic (exact) mass is 207 g/mol. The SMILES string of the molecule is COc1cc(CCC2(N)CC2)nc(C)n1. The first-order valence-corrected chi connectivity index (χ1v) is 5.29. The van der Waals surface area contributed by atoms with Gasteiger partial charge in [0.1, 0.15) is 5.82 Å². The molecule has 0 aliphatic heterocycles. The minimum atomic E-state index is 0.0894. The Morgan fingerprint density at radius 1 is 1.47 bits per heavy atom. The quantitative estimate of drug-likeness (QED) is 0.806. The summed E-state index contributed by atoms with van der Waals surface area (Å²) in [5, 5.41) is 0. The molecular formula is C11H17N3O. The van der Waals surface area contributed by atoms with Crippen molar-refractivity contribution in [1.82, 2.24) is 9.97 Å². The van der Waals surface area contributed by atoms with Crippen LogP contribution in [0, 0.1) is 6.92 Å². The van der Waals surface area contributed by atoms with Crippen molar-refractivity contribution in [2.45, 2.75) is 38.1 Å². The average molecular weight is 207 g/mol. The first-order valence-electron chi connectivity index (χ1n) is 5.29. The van der Waals surface area contributed by atoms with Gasteiger partial charge < -0.3 is 10.5 Å². The summed E-state index contributed by atoms with van der Waals surface area (Å²) >= 11 is 0. The van der Waals surface area contributed by atoms with E-state index in [2.05, 4.69) is 9.97 Å². The lowest BCUT2D eigenvalue weighted by atomic mass is 10.1.